The van der Waals surface area contributed by atoms with Crippen molar-refractivity contribution in [3.05, 3.63) is 29.6 Å². The molecule has 0 spiro atoms. The van der Waals surface area contributed by atoms with Crippen LogP contribution in [0.4, 0.5) is 4.39 Å². The minimum absolute atomic E-state index is 0.278. The maximum absolute atomic E-state index is 13.2. The zero-order valence-corrected chi connectivity index (χ0v) is 9.42. The molecule has 0 heterocycles. The molecule has 0 aliphatic rings. The molecule has 0 aliphatic carbocycles. The molecule has 1 aromatic carbocycles. The minimum atomic E-state index is -0.278. The number of hydrogen-bond donors (Lipinski definition) is 1. The standard InChI is InChI=1S/C13H16FNO/c1-3-4-5-6-16-13-8-11(10-15-2)7-12(14)9-13/h1,7-9,15H,4-6,10H2,2H3. The Bertz CT molecular complexity index is 371. The SMILES string of the molecule is C#CCCCOc1cc(F)cc(CNC)c1. The van der Waals surface area contributed by atoms with Gasteiger partial charge in [0.2, 0.25) is 0 Å². The van der Waals surface area contributed by atoms with Crippen LogP contribution in [0.15, 0.2) is 18.2 Å². The van der Waals surface area contributed by atoms with Crippen molar-refractivity contribution in [2.45, 2.75) is 19.4 Å². The second-order valence-electron chi connectivity index (χ2n) is 3.48. The smallest absolute Gasteiger partial charge is 0.127 e. The van der Waals surface area contributed by atoms with E-state index in [9.17, 15) is 4.39 Å². The lowest BCUT2D eigenvalue weighted by Crippen LogP contribution is -2.06. The van der Waals surface area contributed by atoms with Gasteiger partial charge >= 0.3 is 0 Å². The first-order chi connectivity index (χ1) is 7.76. The summed E-state index contributed by atoms with van der Waals surface area (Å²) < 4.78 is 18.6. The van der Waals surface area contributed by atoms with Crippen LogP contribution >= 0.6 is 0 Å². The van der Waals surface area contributed by atoms with Crippen LogP contribution < -0.4 is 10.1 Å². The number of hydrogen-bond acceptors (Lipinski definition) is 2. The number of terminal acetylenes is 1. The largest absolute Gasteiger partial charge is 0.493 e. The summed E-state index contributed by atoms with van der Waals surface area (Å²) in [6, 6.07) is 4.70. The van der Waals surface area contributed by atoms with Crippen LogP contribution in [0.25, 0.3) is 0 Å². The van der Waals surface area contributed by atoms with E-state index in [1.807, 2.05) is 13.1 Å². The molecule has 1 rings (SSSR count). The van der Waals surface area contributed by atoms with Crippen LogP contribution in [0.1, 0.15) is 18.4 Å². The first-order valence-electron chi connectivity index (χ1n) is 5.26. The van der Waals surface area contributed by atoms with Gasteiger partial charge in [0.1, 0.15) is 11.6 Å². The van der Waals surface area contributed by atoms with Gasteiger partial charge in [-0.15, -0.1) is 12.3 Å². The molecule has 1 aromatic rings. The zero-order valence-electron chi connectivity index (χ0n) is 9.42. The highest BCUT2D eigenvalue weighted by atomic mass is 19.1. The fraction of sp³-hybridized carbons (Fsp3) is 0.385. The van der Waals surface area contributed by atoms with E-state index in [0.717, 1.165) is 12.0 Å². The lowest BCUT2D eigenvalue weighted by atomic mass is 10.2. The molecule has 0 saturated heterocycles. The van der Waals surface area contributed by atoms with Gasteiger partial charge in [0, 0.05) is 19.0 Å². The van der Waals surface area contributed by atoms with Gasteiger partial charge in [-0.1, -0.05) is 0 Å². The molecule has 0 unspecified atom stereocenters. The van der Waals surface area contributed by atoms with E-state index >= 15 is 0 Å². The Kier molecular flexibility index (Phi) is 5.38. The molecule has 0 fully saturated rings. The lowest BCUT2D eigenvalue weighted by molar-refractivity contribution is 0.311. The summed E-state index contributed by atoms with van der Waals surface area (Å²) in [6.07, 6.45) is 6.59. The first kappa shape index (κ1) is 12.5. The van der Waals surface area contributed by atoms with Gasteiger partial charge < -0.3 is 10.1 Å². The van der Waals surface area contributed by atoms with Gasteiger partial charge in [-0.05, 0) is 31.2 Å². The van der Waals surface area contributed by atoms with Crippen molar-refractivity contribution >= 4 is 0 Å². The Balaban J connectivity index is 2.55. The van der Waals surface area contributed by atoms with Crippen LogP contribution in [-0.2, 0) is 6.54 Å². The highest BCUT2D eigenvalue weighted by Gasteiger charge is 2.01. The molecule has 0 atom stereocenters. The molecule has 3 heteroatoms. The Morgan fingerprint density at radius 2 is 2.25 bits per heavy atom. The molecule has 1 N–H and O–H groups in total. The summed E-state index contributed by atoms with van der Waals surface area (Å²) in [6.45, 7) is 1.14. The Labute approximate surface area is 95.8 Å². The normalized spacial score (nSPS) is 9.81. The zero-order chi connectivity index (χ0) is 11.8. The van der Waals surface area contributed by atoms with Crippen molar-refractivity contribution in [3.63, 3.8) is 0 Å². The van der Waals surface area contributed by atoms with Gasteiger partial charge in [0.25, 0.3) is 0 Å². The Morgan fingerprint density at radius 1 is 1.44 bits per heavy atom. The van der Waals surface area contributed by atoms with E-state index in [-0.39, 0.29) is 5.82 Å². The molecule has 0 radical (unpaired) electrons. The molecule has 0 aliphatic heterocycles. The predicted molar refractivity (Wildman–Crippen MR) is 62.7 cm³/mol. The van der Waals surface area contributed by atoms with Crippen LogP contribution in [0.5, 0.6) is 5.75 Å². The average Bonchev–Trinajstić information content (AvgIpc) is 2.24. The van der Waals surface area contributed by atoms with E-state index in [0.29, 0.717) is 25.3 Å². The van der Waals surface area contributed by atoms with E-state index in [2.05, 4.69) is 11.2 Å². The van der Waals surface area contributed by atoms with Gasteiger partial charge in [0.15, 0.2) is 0 Å². The second-order valence-corrected chi connectivity index (χ2v) is 3.48. The van der Waals surface area contributed by atoms with Gasteiger partial charge in [-0.3, -0.25) is 0 Å². The van der Waals surface area contributed by atoms with Crippen molar-refractivity contribution < 1.29 is 9.13 Å². The van der Waals surface area contributed by atoms with Crippen molar-refractivity contribution in [2.75, 3.05) is 13.7 Å². The van der Waals surface area contributed by atoms with E-state index in [4.69, 9.17) is 11.2 Å². The molecule has 0 aromatic heterocycles. The third-order valence-electron chi connectivity index (χ3n) is 2.05. The molecule has 86 valence electrons. The molecule has 0 amide bonds. The third-order valence-corrected chi connectivity index (χ3v) is 2.05. The van der Waals surface area contributed by atoms with E-state index in [1.54, 1.807) is 0 Å². The number of rotatable bonds is 6. The highest BCUT2D eigenvalue weighted by Crippen LogP contribution is 2.16. The summed E-state index contributed by atoms with van der Waals surface area (Å²) in [4.78, 5) is 0. The number of unbranched alkanes of at least 4 members (excludes halogenated alkanes) is 1. The van der Waals surface area contributed by atoms with E-state index in [1.165, 1.54) is 12.1 Å². The monoisotopic (exact) mass is 221 g/mol. The van der Waals surface area contributed by atoms with Crippen molar-refractivity contribution in [1.29, 1.82) is 0 Å². The summed E-state index contributed by atoms with van der Waals surface area (Å²) in [5.41, 5.74) is 0.870. The predicted octanol–water partition coefficient (Wildman–Crippen LogP) is 2.34. The average molecular weight is 221 g/mol. The number of nitrogens with one attached hydrogen (secondary N) is 1. The molecular weight excluding hydrogens is 205 g/mol. The third kappa shape index (κ3) is 4.33. The topological polar surface area (TPSA) is 21.3 Å². The fourth-order valence-electron chi connectivity index (χ4n) is 1.37. The quantitative estimate of drug-likeness (QED) is 0.588. The maximum atomic E-state index is 13.2. The first-order valence-corrected chi connectivity index (χ1v) is 5.26. The van der Waals surface area contributed by atoms with Gasteiger partial charge in [0.05, 0.1) is 6.61 Å². The van der Waals surface area contributed by atoms with Crippen LogP contribution in [0.3, 0.4) is 0 Å². The number of benzene rings is 1. The Hall–Kier alpha value is -1.53. The van der Waals surface area contributed by atoms with Crippen LogP contribution in [0.2, 0.25) is 0 Å². The second kappa shape index (κ2) is 6.86. The van der Waals surface area contributed by atoms with Crippen molar-refractivity contribution in [2.24, 2.45) is 0 Å². The van der Waals surface area contributed by atoms with Gasteiger partial charge in [-0.25, -0.2) is 4.39 Å². The van der Waals surface area contributed by atoms with Crippen LogP contribution in [0, 0.1) is 18.2 Å². The summed E-state index contributed by atoms with van der Waals surface area (Å²) in [7, 11) is 1.82. The molecular formula is C13H16FNO. The highest BCUT2D eigenvalue weighted by molar-refractivity contribution is 5.29. The number of halogens is 1. The fourth-order valence-corrected chi connectivity index (χ4v) is 1.37. The van der Waals surface area contributed by atoms with Crippen LogP contribution in [-0.4, -0.2) is 13.7 Å². The molecule has 2 nitrogen and oxygen atoms in total. The maximum Gasteiger partial charge on any atom is 0.127 e. The van der Waals surface area contributed by atoms with Gasteiger partial charge in [-0.2, -0.15) is 0 Å². The van der Waals surface area contributed by atoms with E-state index < -0.39 is 0 Å². The Morgan fingerprint density at radius 3 is 2.94 bits per heavy atom. The molecule has 0 saturated carbocycles. The molecule has 0 bridgehead atoms. The summed E-state index contributed by atoms with van der Waals surface area (Å²) in [5, 5.41) is 2.97. The van der Waals surface area contributed by atoms with Crippen molar-refractivity contribution in [3.8, 4) is 18.1 Å². The minimum Gasteiger partial charge on any atom is -0.493 e. The van der Waals surface area contributed by atoms with Crippen molar-refractivity contribution in [1.82, 2.24) is 5.32 Å². The summed E-state index contributed by atoms with van der Waals surface area (Å²) >= 11 is 0. The summed E-state index contributed by atoms with van der Waals surface area (Å²) in [5.74, 6) is 2.81. The lowest BCUT2D eigenvalue weighted by Gasteiger charge is -2.07. The molecule has 16 heavy (non-hydrogen) atoms. The number of ether oxygens (including phenoxy) is 1.